The van der Waals surface area contributed by atoms with Gasteiger partial charge in [-0.1, -0.05) is 38.0 Å². The summed E-state index contributed by atoms with van der Waals surface area (Å²) in [7, 11) is 3.69. The standard InChI is InChI=1S/C15H25NO2/c1-4-5-8-11-16(2)12-14(17)13-9-6-7-10-15(13)18-3/h6-7,9-10,14,17H,4-5,8,11-12H2,1-3H3. The molecule has 0 spiro atoms. The van der Waals surface area contributed by atoms with Gasteiger partial charge in [-0.25, -0.2) is 0 Å². The number of ether oxygens (including phenoxy) is 1. The van der Waals surface area contributed by atoms with Crippen molar-refractivity contribution in [3.05, 3.63) is 29.8 Å². The van der Waals surface area contributed by atoms with Crippen LogP contribution in [-0.2, 0) is 0 Å². The van der Waals surface area contributed by atoms with E-state index in [1.807, 2.05) is 31.3 Å². The lowest BCUT2D eigenvalue weighted by Crippen LogP contribution is -2.25. The molecule has 0 heterocycles. The van der Waals surface area contributed by atoms with E-state index in [9.17, 15) is 5.11 Å². The maximum Gasteiger partial charge on any atom is 0.124 e. The van der Waals surface area contributed by atoms with Crippen LogP contribution in [-0.4, -0.2) is 37.3 Å². The fourth-order valence-corrected chi connectivity index (χ4v) is 2.06. The number of aliphatic hydroxyl groups is 1. The molecule has 1 atom stereocenters. The molecule has 1 N–H and O–H groups in total. The number of unbranched alkanes of at least 4 members (excludes halogenated alkanes) is 2. The molecule has 18 heavy (non-hydrogen) atoms. The van der Waals surface area contributed by atoms with Crippen LogP contribution in [0.15, 0.2) is 24.3 Å². The highest BCUT2D eigenvalue weighted by molar-refractivity contribution is 5.35. The van der Waals surface area contributed by atoms with E-state index in [4.69, 9.17) is 4.74 Å². The van der Waals surface area contributed by atoms with Gasteiger partial charge < -0.3 is 14.7 Å². The second-order valence-corrected chi connectivity index (χ2v) is 4.73. The van der Waals surface area contributed by atoms with Crippen molar-refractivity contribution in [2.45, 2.75) is 32.3 Å². The lowest BCUT2D eigenvalue weighted by Gasteiger charge is -2.21. The molecule has 0 aliphatic rings. The van der Waals surface area contributed by atoms with Crippen LogP contribution >= 0.6 is 0 Å². The maximum atomic E-state index is 10.2. The summed E-state index contributed by atoms with van der Waals surface area (Å²) in [5.41, 5.74) is 0.863. The molecule has 1 rings (SSSR count). The lowest BCUT2D eigenvalue weighted by molar-refractivity contribution is 0.123. The number of likely N-dealkylation sites (N-methyl/N-ethyl adjacent to an activating group) is 1. The molecular formula is C15H25NO2. The summed E-state index contributed by atoms with van der Waals surface area (Å²) in [6.45, 7) is 3.87. The molecule has 0 saturated carbocycles. The minimum Gasteiger partial charge on any atom is -0.496 e. The van der Waals surface area contributed by atoms with E-state index in [2.05, 4.69) is 11.8 Å². The van der Waals surface area contributed by atoms with Crippen LogP contribution in [0.5, 0.6) is 5.75 Å². The fraction of sp³-hybridized carbons (Fsp3) is 0.600. The number of rotatable bonds is 8. The first-order valence-electron chi connectivity index (χ1n) is 6.68. The quantitative estimate of drug-likeness (QED) is 0.721. The number of para-hydroxylation sites is 1. The molecule has 0 fully saturated rings. The Labute approximate surface area is 110 Å². The summed E-state index contributed by atoms with van der Waals surface area (Å²) in [6, 6.07) is 7.65. The van der Waals surface area contributed by atoms with Crippen LogP contribution < -0.4 is 4.74 Å². The van der Waals surface area contributed by atoms with Crippen molar-refractivity contribution in [1.29, 1.82) is 0 Å². The Hall–Kier alpha value is -1.06. The Bertz CT molecular complexity index is 341. The molecule has 3 nitrogen and oxygen atoms in total. The van der Waals surface area contributed by atoms with Gasteiger partial charge >= 0.3 is 0 Å². The highest BCUT2D eigenvalue weighted by Crippen LogP contribution is 2.25. The third-order valence-corrected chi connectivity index (χ3v) is 3.13. The molecule has 0 aromatic heterocycles. The number of methoxy groups -OCH3 is 1. The summed E-state index contributed by atoms with van der Waals surface area (Å²) in [4.78, 5) is 2.17. The molecule has 1 aromatic rings. The van der Waals surface area contributed by atoms with E-state index >= 15 is 0 Å². The average molecular weight is 251 g/mol. The van der Waals surface area contributed by atoms with E-state index in [0.717, 1.165) is 17.9 Å². The molecule has 1 aromatic carbocycles. The third-order valence-electron chi connectivity index (χ3n) is 3.13. The van der Waals surface area contributed by atoms with E-state index in [0.29, 0.717) is 6.54 Å². The highest BCUT2D eigenvalue weighted by Gasteiger charge is 2.14. The largest absolute Gasteiger partial charge is 0.496 e. The Morgan fingerprint density at radius 2 is 2.00 bits per heavy atom. The predicted molar refractivity (Wildman–Crippen MR) is 75.0 cm³/mol. The monoisotopic (exact) mass is 251 g/mol. The minimum atomic E-state index is -0.493. The first-order chi connectivity index (χ1) is 8.69. The van der Waals surface area contributed by atoms with E-state index < -0.39 is 6.10 Å². The average Bonchev–Trinajstić information content (AvgIpc) is 2.39. The fourth-order valence-electron chi connectivity index (χ4n) is 2.06. The number of hydrogen-bond donors (Lipinski definition) is 1. The lowest BCUT2D eigenvalue weighted by atomic mass is 10.1. The third kappa shape index (κ3) is 4.67. The number of aliphatic hydroxyl groups excluding tert-OH is 1. The van der Waals surface area contributed by atoms with Crippen LogP contribution in [0.1, 0.15) is 37.9 Å². The zero-order chi connectivity index (χ0) is 13.4. The van der Waals surface area contributed by atoms with Gasteiger partial charge in [-0.15, -0.1) is 0 Å². The van der Waals surface area contributed by atoms with Crippen molar-refractivity contribution in [2.75, 3.05) is 27.2 Å². The molecule has 3 heteroatoms. The SMILES string of the molecule is CCCCCN(C)CC(O)c1ccccc1OC. The minimum absolute atomic E-state index is 0.493. The predicted octanol–water partition coefficient (Wildman–Crippen LogP) is 2.85. The Morgan fingerprint density at radius 3 is 2.67 bits per heavy atom. The van der Waals surface area contributed by atoms with Crippen LogP contribution in [0, 0.1) is 0 Å². The van der Waals surface area contributed by atoms with Gasteiger partial charge in [-0.3, -0.25) is 0 Å². The second-order valence-electron chi connectivity index (χ2n) is 4.73. The Morgan fingerprint density at radius 1 is 1.28 bits per heavy atom. The van der Waals surface area contributed by atoms with Gasteiger partial charge in [0.15, 0.2) is 0 Å². The molecule has 0 amide bonds. The summed E-state index contributed by atoms with van der Waals surface area (Å²) in [6.07, 6.45) is 3.16. The van der Waals surface area contributed by atoms with E-state index in [-0.39, 0.29) is 0 Å². The normalized spacial score (nSPS) is 12.7. The zero-order valence-corrected chi connectivity index (χ0v) is 11.7. The van der Waals surface area contributed by atoms with E-state index in [1.54, 1.807) is 7.11 Å². The van der Waals surface area contributed by atoms with Gasteiger partial charge in [0.2, 0.25) is 0 Å². The van der Waals surface area contributed by atoms with Gasteiger partial charge in [0.1, 0.15) is 5.75 Å². The highest BCUT2D eigenvalue weighted by atomic mass is 16.5. The van der Waals surface area contributed by atoms with Crippen molar-refractivity contribution < 1.29 is 9.84 Å². The molecule has 0 radical (unpaired) electrons. The van der Waals surface area contributed by atoms with E-state index in [1.165, 1.54) is 19.3 Å². The number of hydrogen-bond acceptors (Lipinski definition) is 3. The zero-order valence-electron chi connectivity index (χ0n) is 11.7. The molecule has 1 unspecified atom stereocenters. The number of benzene rings is 1. The molecule has 0 aliphatic heterocycles. The Kier molecular flexibility index (Phi) is 6.76. The summed E-state index contributed by atoms with van der Waals surface area (Å²) < 4.78 is 5.27. The van der Waals surface area contributed by atoms with Crippen LogP contribution in [0.4, 0.5) is 0 Å². The van der Waals surface area contributed by atoms with Gasteiger partial charge in [-0.2, -0.15) is 0 Å². The summed E-state index contributed by atoms with van der Waals surface area (Å²) >= 11 is 0. The van der Waals surface area contributed by atoms with Crippen molar-refractivity contribution in [3.63, 3.8) is 0 Å². The smallest absolute Gasteiger partial charge is 0.124 e. The Balaban J connectivity index is 2.51. The number of nitrogens with zero attached hydrogens (tertiary/aromatic N) is 1. The van der Waals surface area contributed by atoms with Crippen LogP contribution in [0.2, 0.25) is 0 Å². The van der Waals surface area contributed by atoms with Crippen LogP contribution in [0.25, 0.3) is 0 Å². The van der Waals surface area contributed by atoms with Gasteiger partial charge in [0, 0.05) is 12.1 Å². The molecular weight excluding hydrogens is 226 g/mol. The van der Waals surface area contributed by atoms with Crippen molar-refractivity contribution in [3.8, 4) is 5.75 Å². The maximum absolute atomic E-state index is 10.2. The van der Waals surface area contributed by atoms with Crippen molar-refractivity contribution in [2.24, 2.45) is 0 Å². The summed E-state index contributed by atoms with van der Waals surface area (Å²) in [5.74, 6) is 0.756. The second kappa shape index (κ2) is 8.11. The van der Waals surface area contributed by atoms with Crippen molar-refractivity contribution >= 4 is 0 Å². The van der Waals surface area contributed by atoms with Crippen LogP contribution in [0.3, 0.4) is 0 Å². The van der Waals surface area contributed by atoms with Crippen molar-refractivity contribution in [1.82, 2.24) is 4.90 Å². The topological polar surface area (TPSA) is 32.7 Å². The summed E-state index contributed by atoms with van der Waals surface area (Å²) in [5, 5.41) is 10.2. The first kappa shape index (κ1) is 15.0. The van der Waals surface area contributed by atoms with Gasteiger partial charge in [0.25, 0.3) is 0 Å². The molecule has 0 saturated heterocycles. The first-order valence-corrected chi connectivity index (χ1v) is 6.68. The molecule has 0 bridgehead atoms. The van der Waals surface area contributed by atoms with Gasteiger partial charge in [-0.05, 0) is 26.1 Å². The van der Waals surface area contributed by atoms with Gasteiger partial charge in [0.05, 0.1) is 13.2 Å². The molecule has 102 valence electrons. The molecule has 0 aliphatic carbocycles.